The number of nitrogens with one attached hydrogen (secondary N) is 1. The van der Waals surface area contributed by atoms with Crippen molar-refractivity contribution >= 4 is 27.5 Å². The lowest BCUT2D eigenvalue weighted by Crippen LogP contribution is -2.32. The van der Waals surface area contributed by atoms with Crippen molar-refractivity contribution < 1.29 is 19.0 Å². The molecule has 2 unspecified atom stereocenters. The maximum atomic E-state index is 14.5. The lowest BCUT2D eigenvalue weighted by atomic mass is 9.94. The van der Waals surface area contributed by atoms with Crippen LogP contribution in [0.15, 0.2) is 21.7 Å². The molecule has 0 fully saturated rings. The fourth-order valence-corrected chi connectivity index (χ4v) is 2.49. The van der Waals surface area contributed by atoms with Crippen LogP contribution in [0.4, 0.5) is 4.39 Å². The predicted molar refractivity (Wildman–Crippen MR) is 79.7 cm³/mol. The zero-order valence-corrected chi connectivity index (χ0v) is 13.3. The first-order chi connectivity index (χ1) is 9.90. The van der Waals surface area contributed by atoms with E-state index in [0.29, 0.717) is 17.0 Å². The van der Waals surface area contributed by atoms with Gasteiger partial charge in [0.25, 0.3) is 0 Å². The molecule has 1 aliphatic rings. The monoisotopic (exact) mass is 358 g/mol. The highest BCUT2D eigenvalue weighted by Gasteiger charge is 2.25. The minimum Gasteiger partial charge on any atom is -0.490 e. The number of amides is 1. The molecule has 1 aromatic rings. The molecule has 114 valence electrons. The molecule has 2 N–H and O–H groups in total. The third-order valence-corrected chi connectivity index (χ3v) is 3.80. The van der Waals surface area contributed by atoms with E-state index in [4.69, 9.17) is 4.74 Å². The van der Waals surface area contributed by atoms with Gasteiger partial charge in [-0.1, -0.05) is 6.92 Å². The summed E-state index contributed by atoms with van der Waals surface area (Å²) in [5.74, 6) is -0.530. The van der Waals surface area contributed by atoms with Crippen LogP contribution in [0.2, 0.25) is 0 Å². The van der Waals surface area contributed by atoms with Crippen molar-refractivity contribution in [1.29, 1.82) is 0 Å². The van der Waals surface area contributed by atoms with Crippen LogP contribution in [0.1, 0.15) is 25.8 Å². The summed E-state index contributed by atoms with van der Waals surface area (Å²) < 4.78 is 20.0. The number of nitrogens with zero attached hydrogens (tertiary/aromatic N) is 1. The zero-order chi connectivity index (χ0) is 15.6. The second-order valence-corrected chi connectivity index (χ2v) is 5.83. The average molecular weight is 359 g/mol. The summed E-state index contributed by atoms with van der Waals surface area (Å²) in [6.07, 6.45) is -0.367. The first kappa shape index (κ1) is 15.9. The van der Waals surface area contributed by atoms with Crippen LogP contribution in [0.3, 0.4) is 0 Å². The van der Waals surface area contributed by atoms with Crippen LogP contribution in [-0.2, 0) is 4.79 Å². The molecule has 2 rings (SSSR count). The minimum atomic E-state index is -0.641. The number of rotatable bonds is 4. The van der Waals surface area contributed by atoms with Gasteiger partial charge in [-0.15, -0.1) is 0 Å². The molecule has 0 spiro atoms. The smallest absolute Gasteiger partial charge is 0.240 e. The van der Waals surface area contributed by atoms with Crippen molar-refractivity contribution in [1.82, 2.24) is 5.43 Å². The lowest BCUT2D eigenvalue weighted by Gasteiger charge is -2.20. The van der Waals surface area contributed by atoms with Gasteiger partial charge in [-0.25, -0.2) is 9.82 Å². The summed E-state index contributed by atoms with van der Waals surface area (Å²) in [4.78, 5) is 11.2. The van der Waals surface area contributed by atoms with Gasteiger partial charge in [-0.05, 0) is 35.0 Å². The van der Waals surface area contributed by atoms with Gasteiger partial charge >= 0.3 is 0 Å². The highest BCUT2D eigenvalue weighted by atomic mass is 79.9. The van der Waals surface area contributed by atoms with Crippen molar-refractivity contribution in [2.75, 3.05) is 6.61 Å². The van der Waals surface area contributed by atoms with Crippen molar-refractivity contribution in [3.05, 3.63) is 28.0 Å². The Morgan fingerprint density at radius 3 is 2.95 bits per heavy atom. The van der Waals surface area contributed by atoms with Gasteiger partial charge in [0.05, 0.1) is 16.3 Å². The number of hydrogen-bond donors (Lipinski definition) is 2. The number of halogens is 2. The fourth-order valence-electron chi connectivity index (χ4n) is 2.03. The first-order valence-electron chi connectivity index (χ1n) is 6.55. The van der Waals surface area contributed by atoms with Crippen molar-refractivity contribution in [2.24, 2.45) is 11.0 Å². The number of aliphatic hydroxyl groups excluding tert-OH is 1. The molecule has 7 heteroatoms. The largest absolute Gasteiger partial charge is 0.490 e. The number of carbonyl (C=O) groups excluding carboxylic acids is 1. The third kappa shape index (κ3) is 3.59. The predicted octanol–water partition coefficient (Wildman–Crippen LogP) is 2.21. The third-order valence-electron chi connectivity index (χ3n) is 3.06. The Labute approximate surface area is 130 Å². The molecule has 5 nitrogen and oxygen atoms in total. The van der Waals surface area contributed by atoms with Gasteiger partial charge in [-0.2, -0.15) is 5.10 Å². The summed E-state index contributed by atoms with van der Waals surface area (Å²) >= 11 is 3.16. The van der Waals surface area contributed by atoms with E-state index in [1.165, 1.54) is 0 Å². The Morgan fingerprint density at radius 2 is 2.33 bits per heavy atom. The summed E-state index contributed by atoms with van der Waals surface area (Å²) in [7, 11) is 0. The molecule has 0 saturated heterocycles. The van der Waals surface area contributed by atoms with E-state index >= 15 is 0 Å². The van der Waals surface area contributed by atoms with Gasteiger partial charge in [0.2, 0.25) is 5.91 Å². The molecule has 1 aromatic carbocycles. The maximum Gasteiger partial charge on any atom is 0.240 e. The summed E-state index contributed by atoms with van der Waals surface area (Å²) in [6, 6.07) is 3.17. The molecule has 2 atom stereocenters. The molecule has 1 heterocycles. The second-order valence-electron chi connectivity index (χ2n) is 5.04. The maximum absolute atomic E-state index is 14.5. The fraction of sp³-hybridized carbons (Fsp3) is 0.429. The van der Waals surface area contributed by atoms with Crippen LogP contribution in [-0.4, -0.2) is 29.4 Å². The molecule has 1 amide bonds. The molecular formula is C14H16BrFN2O3. The Kier molecular flexibility index (Phi) is 4.95. The Hall–Kier alpha value is -1.47. The SMILES string of the molecule is CC(O)COc1ccc(C2=NNC(=O)CC2C)c(F)c1Br. The van der Waals surface area contributed by atoms with E-state index in [1.807, 2.05) is 6.92 Å². The van der Waals surface area contributed by atoms with E-state index in [2.05, 4.69) is 26.5 Å². The average Bonchev–Trinajstić information content (AvgIpc) is 2.41. The van der Waals surface area contributed by atoms with Crippen LogP contribution in [0.5, 0.6) is 5.75 Å². The molecule has 0 bridgehead atoms. The van der Waals surface area contributed by atoms with E-state index in [1.54, 1.807) is 19.1 Å². The number of aliphatic hydroxyl groups is 1. The number of ether oxygens (including phenoxy) is 1. The molecule has 21 heavy (non-hydrogen) atoms. The summed E-state index contributed by atoms with van der Waals surface area (Å²) in [5, 5.41) is 13.1. The number of hydrogen-bond acceptors (Lipinski definition) is 4. The number of benzene rings is 1. The standard InChI is InChI=1S/C14H16BrFN2O3/c1-7-5-11(20)17-18-14(7)9-3-4-10(12(15)13(9)16)21-6-8(2)19/h3-4,7-8,19H,5-6H2,1-2H3,(H,17,20). The molecule has 0 radical (unpaired) electrons. The van der Waals surface area contributed by atoms with Crippen molar-refractivity contribution in [2.45, 2.75) is 26.4 Å². The molecular weight excluding hydrogens is 343 g/mol. The minimum absolute atomic E-state index is 0.0742. The molecule has 1 aliphatic heterocycles. The summed E-state index contributed by atoms with van der Waals surface area (Å²) in [6.45, 7) is 3.48. The molecule has 0 saturated carbocycles. The van der Waals surface area contributed by atoms with Gasteiger partial charge in [0.1, 0.15) is 18.2 Å². The van der Waals surface area contributed by atoms with Crippen LogP contribution in [0, 0.1) is 11.7 Å². The highest BCUT2D eigenvalue weighted by Crippen LogP contribution is 2.32. The Bertz CT molecular complexity index is 590. The van der Waals surface area contributed by atoms with Crippen LogP contribution < -0.4 is 10.2 Å². The summed E-state index contributed by atoms with van der Waals surface area (Å²) in [5.41, 5.74) is 3.18. The van der Waals surface area contributed by atoms with Crippen LogP contribution >= 0.6 is 15.9 Å². The quantitative estimate of drug-likeness (QED) is 0.866. The van der Waals surface area contributed by atoms with E-state index in [9.17, 15) is 14.3 Å². The second kappa shape index (κ2) is 6.53. The highest BCUT2D eigenvalue weighted by molar-refractivity contribution is 9.10. The van der Waals surface area contributed by atoms with Crippen molar-refractivity contribution in [3.8, 4) is 5.75 Å². The number of hydrazone groups is 1. The first-order valence-corrected chi connectivity index (χ1v) is 7.35. The van der Waals surface area contributed by atoms with Gasteiger partial charge in [0, 0.05) is 17.9 Å². The molecule has 0 aromatic heterocycles. The van der Waals surface area contributed by atoms with E-state index in [-0.39, 0.29) is 29.3 Å². The zero-order valence-electron chi connectivity index (χ0n) is 11.7. The van der Waals surface area contributed by atoms with E-state index < -0.39 is 11.9 Å². The van der Waals surface area contributed by atoms with Gasteiger partial charge < -0.3 is 9.84 Å². The van der Waals surface area contributed by atoms with E-state index in [0.717, 1.165) is 0 Å². The normalized spacial score (nSPS) is 19.8. The lowest BCUT2D eigenvalue weighted by molar-refractivity contribution is -0.121. The van der Waals surface area contributed by atoms with Crippen molar-refractivity contribution in [3.63, 3.8) is 0 Å². The topological polar surface area (TPSA) is 70.9 Å². The van der Waals surface area contributed by atoms with Gasteiger partial charge in [-0.3, -0.25) is 4.79 Å². The van der Waals surface area contributed by atoms with Gasteiger partial charge in [0.15, 0.2) is 0 Å². The Morgan fingerprint density at radius 1 is 1.62 bits per heavy atom. The molecule has 0 aliphatic carbocycles. The Balaban J connectivity index is 2.30. The van der Waals surface area contributed by atoms with Crippen LogP contribution in [0.25, 0.3) is 0 Å². The number of carbonyl (C=O) groups is 1.